The van der Waals surface area contributed by atoms with E-state index in [1.54, 1.807) is 13.2 Å². The zero-order valence-electron chi connectivity index (χ0n) is 17.2. The van der Waals surface area contributed by atoms with E-state index in [4.69, 9.17) is 4.74 Å². The molecule has 1 aromatic heterocycles. The monoisotopic (exact) mass is 444 g/mol. The lowest BCUT2D eigenvalue weighted by molar-refractivity contribution is 0.102. The fourth-order valence-electron chi connectivity index (χ4n) is 3.80. The number of ether oxygens (including phenoxy) is 1. The number of carbonyl (C=O) groups is 1. The number of hydrogen-bond donors (Lipinski definition) is 1. The summed E-state index contributed by atoms with van der Waals surface area (Å²) in [5.41, 5.74) is 3.70. The molecule has 1 aliphatic rings. The molecule has 1 N–H and O–H groups in total. The Morgan fingerprint density at radius 3 is 2.73 bits per heavy atom. The van der Waals surface area contributed by atoms with Crippen LogP contribution in [-0.2, 0) is 17.9 Å². The normalized spacial score (nSPS) is 14.9. The molecule has 0 spiro atoms. The summed E-state index contributed by atoms with van der Waals surface area (Å²) in [7, 11) is 1.55. The van der Waals surface area contributed by atoms with Gasteiger partial charge in [0.1, 0.15) is 5.82 Å². The van der Waals surface area contributed by atoms with Gasteiger partial charge in [0, 0.05) is 59.6 Å². The van der Waals surface area contributed by atoms with Gasteiger partial charge < -0.3 is 10.1 Å². The molecule has 1 fully saturated rings. The van der Waals surface area contributed by atoms with E-state index < -0.39 is 0 Å². The minimum absolute atomic E-state index is 0.190. The number of nitrogens with zero attached hydrogens (tertiary/aromatic N) is 1. The van der Waals surface area contributed by atoms with E-state index in [0.29, 0.717) is 15.8 Å². The minimum Gasteiger partial charge on any atom is -0.380 e. The van der Waals surface area contributed by atoms with Crippen LogP contribution in [0.2, 0.25) is 0 Å². The highest BCUT2D eigenvalue weighted by Crippen LogP contribution is 2.34. The number of fused-ring (bicyclic) bond motifs is 1. The molecule has 158 valence electrons. The number of benzene rings is 2. The maximum absolute atomic E-state index is 14.4. The minimum atomic E-state index is -0.326. The number of carbonyl (C=O) groups excluding carboxylic acids is 1. The van der Waals surface area contributed by atoms with Crippen LogP contribution in [-0.4, -0.2) is 42.5 Å². The Kier molecular flexibility index (Phi) is 6.73. The summed E-state index contributed by atoms with van der Waals surface area (Å²) >= 11 is 3.30. The summed E-state index contributed by atoms with van der Waals surface area (Å²) < 4.78 is 20.4. The summed E-state index contributed by atoms with van der Waals surface area (Å²) in [4.78, 5) is 16.1. The van der Waals surface area contributed by atoms with Gasteiger partial charge in [-0.05, 0) is 36.2 Å². The number of amides is 1. The van der Waals surface area contributed by atoms with E-state index in [-0.39, 0.29) is 18.3 Å². The lowest BCUT2D eigenvalue weighted by Gasteiger charge is -2.27. The average Bonchev–Trinajstić information content (AvgIpc) is 3.12. The van der Waals surface area contributed by atoms with E-state index in [9.17, 15) is 9.18 Å². The molecule has 4 rings (SSSR count). The van der Waals surface area contributed by atoms with Gasteiger partial charge in [-0.15, -0.1) is 11.3 Å². The Labute approximate surface area is 184 Å². The molecule has 0 saturated carbocycles. The second kappa shape index (κ2) is 9.47. The molecular formula is C23H25FN2O2S2. The van der Waals surface area contributed by atoms with Gasteiger partial charge in [-0.1, -0.05) is 18.2 Å². The highest BCUT2D eigenvalue weighted by Gasteiger charge is 2.21. The SMILES string of the molecule is COCc1c(C(=O)Nc2cccc(CN3CCSCC3)c2C)sc2cccc(F)c12. The first-order valence-corrected chi connectivity index (χ1v) is 11.9. The molecular weight excluding hydrogens is 419 g/mol. The smallest absolute Gasteiger partial charge is 0.266 e. The van der Waals surface area contributed by atoms with E-state index in [2.05, 4.69) is 16.3 Å². The van der Waals surface area contributed by atoms with Crippen LogP contribution in [0.1, 0.15) is 26.4 Å². The number of thiophene rings is 1. The van der Waals surface area contributed by atoms with Crippen molar-refractivity contribution in [1.29, 1.82) is 0 Å². The standard InChI is InChI=1S/C23H25FN2O2S2/c1-15-16(13-26-9-11-29-12-10-26)5-3-7-19(15)25-23(27)22-17(14-28-2)21-18(24)6-4-8-20(21)30-22/h3-8H,9-14H2,1-2H3,(H,25,27). The molecule has 1 amide bonds. The van der Waals surface area contributed by atoms with E-state index in [0.717, 1.165) is 35.6 Å². The largest absolute Gasteiger partial charge is 0.380 e. The molecule has 1 aliphatic heterocycles. The molecule has 0 unspecified atom stereocenters. The number of anilines is 1. The van der Waals surface area contributed by atoms with Gasteiger partial charge in [-0.25, -0.2) is 4.39 Å². The van der Waals surface area contributed by atoms with Crippen molar-refractivity contribution in [2.24, 2.45) is 0 Å². The predicted octanol–water partition coefficient (Wildman–Crippen LogP) is 5.30. The van der Waals surface area contributed by atoms with E-state index in [1.165, 1.54) is 34.5 Å². The Balaban J connectivity index is 1.60. The summed E-state index contributed by atoms with van der Waals surface area (Å²) in [6, 6.07) is 10.9. The molecule has 30 heavy (non-hydrogen) atoms. The van der Waals surface area contributed by atoms with Crippen LogP contribution in [0.3, 0.4) is 0 Å². The maximum Gasteiger partial charge on any atom is 0.266 e. The molecule has 7 heteroatoms. The zero-order chi connectivity index (χ0) is 21.1. The van der Waals surface area contributed by atoms with Gasteiger partial charge in [0.15, 0.2) is 0 Å². The lowest BCUT2D eigenvalue weighted by atomic mass is 10.1. The summed E-state index contributed by atoms with van der Waals surface area (Å²) in [5, 5.41) is 3.53. The first kappa shape index (κ1) is 21.3. The molecule has 0 radical (unpaired) electrons. The quantitative estimate of drug-likeness (QED) is 0.560. The third kappa shape index (κ3) is 4.39. The van der Waals surface area contributed by atoms with Crippen molar-refractivity contribution in [3.05, 3.63) is 63.8 Å². The van der Waals surface area contributed by atoms with Crippen LogP contribution in [0.5, 0.6) is 0 Å². The number of methoxy groups -OCH3 is 1. The number of halogens is 1. The molecule has 3 aromatic rings. The van der Waals surface area contributed by atoms with Crippen LogP contribution in [0.25, 0.3) is 10.1 Å². The van der Waals surface area contributed by atoms with Crippen molar-refractivity contribution in [2.75, 3.05) is 37.0 Å². The highest BCUT2D eigenvalue weighted by atomic mass is 32.2. The maximum atomic E-state index is 14.4. The van der Waals surface area contributed by atoms with Gasteiger partial charge in [0.25, 0.3) is 5.91 Å². The first-order valence-electron chi connectivity index (χ1n) is 9.97. The molecule has 2 aromatic carbocycles. The van der Waals surface area contributed by atoms with Crippen molar-refractivity contribution >= 4 is 44.8 Å². The van der Waals surface area contributed by atoms with Gasteiger partial charge >= 0.3 is 0 Å². The molecule has 0 aliphatic carbocycles. The van der Waals surface area contributed by atoms with Crippen LogP contribution < -0.4 is 5.32 Å². The van der Waals surface area contributed by atoms with Crippen molar-refractivity contribution < 1.29 is 13.9 Å². The second-order valence-electron chi connectivity index (χ2n) is 7.39. The lowest BCUT2D eigenvalue weighted by Crippen LogP contribution is -2.32. The first-order chi connectivity index (χ1) is 14.6. The molecule has 2 heterocycles. The summed E-state index contributed by atoms with van der Waals surface area (Å²) in [5.74, 6) is 1.78. The predicted molar refractivity (Wildman–Crippen MR) is 124 cm³/mol. The Bertz CT molecular complexity index is 1060. The van der Waals surface area contributed by atoms with Gasteiger partial charge in [0.05, 0.1) is 11.5 Å². The third-order valence-corrected chi connectivity index (χ3v) is 7.59. The van der Waals surface area contributed by atoms with Crippen molar-refractivity contribution in [2.45, 2.75) is 20.1 Å². The van der Waals surface area contributed by atoms with Gasteiger partial charge in [-0.2, -0.15) is 11.8 Å². The van der Waals surface area contributed by atoms with Gasteiger partial charge in [0.2, 0.25) is 0 Å². The van der Waals surface area contributed by atoms with E-state index >= 15 is 0 Å². The second-order valence-corrected chi connectivity index (χ2v) is 9.67. The van der Waals surface area contributed by atoms with Gasteiger partial charge in [-0.3, -0.25) is 9.69 Å². The zero-order valence-corrected chi connectivity index (χ0v) is 18.8. The topological polar surface area (TPSA) is 41.6 Å². The number of rotatable bonds is 6. The molecule has 4 nitrogen and oxygen atoms in total. The van der Waals surface area contributed by atoms with Crippen LogP contribution in [0.4, 0.5) is 10.1 Å². The summed E-state index contributed by atoms with van der Waals surface area (Å²) in [6.07, 6.45) is 0. The molecule has 1 saturated heterocycles. The Hall–Kier alpha value is -1.93. The van der Waals surface area contributed by atoms with Crippen LogP contribution in [0.15, 0.2) is 36.4 Å². The van der Waals surface area contributed by atoms with Crippen molar-refractivity contribution in [3.63, 3.8) is 0 Å². The van der Waals surface area contributed by atoms with Crippen LogP contribution >= 0.6 is 23.1 Å². The van der Waals surface area contributed by atoms with E-state index in [1.807, 2.05) is 36.9 Å². The fourth-order valence-corrected chi connectivity index (χ4v) is 5.90. The van der Waals surface area contributed by atoms with Crippen LogP contribution in [0, 0.1) is 12.7 Å². The summed E-state index contributed by atoms with van der Waals surface area (Å²) in [6.45, 7) is 5.31. The molecule has 0 bridgehead atoms. The molecule has 0 atom stereocenters. The third-order valence-electron chi connectivity index (χ3n) is 5.45. The van der Waals surface area contributed by atoms with Crippen molar-refractivity contribution in [3.8, 4) is 0 Å². The average molecular weight is 445 g/mol. The highest BCUT2D eigenvalue weighted by molar-refractivity contribution is 7.99. The Morgan fingerprint density at radius 2 is 1.97 bits per heavy atom. The number of nitrogens with one attached hydrogen (secondary N) is 1. The fraction of sp³-hybridized carbons (Fsp3) is 0.348. The Morgan fingerprint density at radius 1 is 1.20 bits per heavy atom. The van der Waals surface area contributed by atoms with Crippen molar-refractivity contribution in [1.82, 2.24) is 4.90 Å². The number of thioether (sulfide) groups is 1. The number of hydrogen-bond acceptors (Lipinski definition) is 5.